The van der Waals surface area contributed by atoms with Gasteiger partial charge < -0.3 is 9.88 Å². The molecular formula is C14H16Cl2N4OS. The topological polar surface area (TPSA) is 62.7 Å². The number of nitrogens with one attached hydrogen (secondary N) is 2. The Morgan fingerprint density at radius 1 is 1.41 bits per heavy atom. The van der Waals surface area contributed by atoms with Crippen LogP contribution in [0.1, 0.15) is 36.1 Å². The molecule has 0 saturated carbocycles. The molecule has 2 aromatic rings. The number of benzene rings is 1. The van der Waals surface area contributed by atoms with Crippen LogP contribution in [-0.2, 0) is 7.05 Å². The van der Waals surface area contributed by atoms with Crippen LogP contribution < -0.4 is 5.32 Å². The van der Waals surface area contributed by atoms with E-state index in [9.17, 15) is 4.79 Å². The summed E-state index contributed by atoms with van der Waals surface area (Å²) in [5.74, 6) is 0.506. The van der Waals surface area contributed by atoms with E-state index in [4.69, 9.17) is 35.4 Å². The van der Waals surface area contributed by atoms with Gasteiger partial charge >= 0.3 is 0 Å². The summed E-state index contributed by atoms with van der Waals surface area (Å²) in [6.45, 7) is 3.98. The van der Waals surface area contributed by atoms with Crippen molar-refractivity contribution in [2.24, 2.45) is 13.0 Å². The Balaban J connectivity index is 2.30. The van der Waals surface area contributed by atoms with Crippen LogP contribution in [0.25, 0.3) is 0 Å². The first-order valence-corrected chi connectivity index (χ1v) is 7.85. The van der Waals surface area contributed by atoms with Crippen LogP contribution in [0.15, 0.2) is 18.2 Å². The van der Waals surface area contributed by atoms with E-state index < -0.39 is 0 Å². The van der Waals surface area contributed by atoms with Gasteiger partial charge in [0.05, 0.1) is 16.6 Å². The highest BCUT2D eigenvalue weighted by atomic mass is 35.5. The minimum atomic E-state index is -0.294. The number of carbonyl (C=O) groups is 1. The molecule has 5 nitrogen and oxygen atoms in total. The summed E-state index contributed by atoms with van der Waals surface area (Å²) >= 11 is 17.1. The number of aromatic nitrogens is 3. The van der Waals surface area contributed by atoms with Gasteiger partial charge in [-0.3, -0.25) is 9.89 Å². The molecule has 0 radical (unpaired) electrons. The molecule has 2 rings (SSSR count). The molecule has 1 amide bonds. The van der Waals surface area contributed by atoms with Crippen LogP contribution in [0.3, 0.4) is 0 Å². The molecule has 1 atom stereocenters. The molecule has 118 valence electrons. The molecule has 0 aliphatic heterocycles. The number of aromatic amines is 1. The fourth-order valence-electron chi connectivity index (χ4n) is 2.06. The lowest BCUT2D eigenvalue weighted by Crippen LogP contribution is -2.33. The Morgan fingerprint density at radius 3 is 2.59 bits per heavy atom. The summed E-state index contributed by atoms with van der Waals surface area (Å²) < 4.78 is 2.24. The Labute approximate surface area is 143 Å². The van der Waals surface area contributed by atoms with Gasteiger partial charge in [-0.2, -0.15) is 5.10 Å². The zero-order chi connectivity index (χ0) is 16.4. The minimum absolute atomic E-state index is 0.124. The molecule has 8 heteroatoms. The summed E-state index contributed by atoms with van der Waals surface area (Å²) in [7, 11) is 1.80. The standard InChI is InChI=1S/C14H16Cl2N4OS/c1-7(2)11(12-18-19-14(22)20(12)3)17-13(21)9-5-4-8(15)6-10(9)16/h4-7,11H,1-3H3,(H,17,21)(H,19,22). The van der Waals surface area contributed by atoms with Gasteiger partial charge in [0, 0.05) is 12.1 Å². The molecule has 0 saturated heterocycles. The van der Waals surface area contributed by atoms with Crippen molar-refractivity contribution in [3.63, 3.8) is 0 Å². The van der Waals surface area contributed by atoms with E-state index in [1.165, 1.54) is 6.07 Å². The molecule has 1 unspecified atom stereocenters. The smallest absolute Gasteiger partial charge is 0.253 e. The summed E-state index contributed by atoms with van der Waals surface area (Å²) in [5.41, 5.74) is 0.369. The quantitative estimate of drug-likeness (QED) is 0.814. The van der Waals surface area contributed by atoms with E-state index in [0.717, 1.165) is 0 Å². The highest BCUT2D eigenvalue weighted by Crippen LogP contribution is 2.24. The third-order valence-electron chi connectivity index (χ3n) is 3.32. The van der Waals surface area contributed by atoms with Gasteiger partial charge in [0.1, 0.15) is 0 Å². The Bertz CT molecular complexity index is 754. The Morgan fingerprint density at radius 2 is 2.09 bits per heavy atom. The zero-order valence-corrected chi connectivity index (χ0v) is 14.7. The fourth-order valence-corrected chi connectivity index (χ4v) is 2.69. The number of rotatable bonds is 4. The second-order valence-electron chi connectivity index (χ2n) is 5.27. The Hall–Kier alpha value is -1.37. The van der Waals surface area contributed by atoms with Gasteiger partial charge in [-0.05, 0) is 36.3 Å². The molecule has 1 aromatic carbocycles. The van der Waals surface area contributed by atoms with Crippen LogP contribution in [-0.4, -0.2) is 20.7 Å². The molecule has 0 aliphatic carbocycles. The molecule has 0 bridgehead atoms. The molecule has 22 heavy (non-hydrogen) atoms. The van der Waals surface area contributed by atoms with Gasteiger partial charge in [0.15, 0.2) is 10.6 Å². The second-order valence-corrected chi connectivity index (χ2v) is 6.50. The average molecular weight is 359 g/mol. The van der Waals surface area contributed by atoms with Crippen LogP contribution in [0, 0.1) is 10.7 Å². The van der Waals surface area contributed by atoms with Gasteiger partial charge in [0.25, 0.3) is 5.91 Å². The summed E-state index contributed by atoms with van der Waals surface area (Å²) in [4.78, 5) is 12.5. The number of carbonyl (C=O) groups excluding carboxylic acids is 1. The predicted octanol–water partition coefficient (Wildman–Crippen LogP) is 3.91. The number of halogens is 2. The first-order chi connectivity index (χ1) is 10.3. The zero-order valence-electron chi connectivity index (χ0n) is 12.4. The van der Waals surface area contributed by atoms with Crippen molar-refractivity contribution in [1.29, 1.82) is 0 Å². The monoisotopic (exact) mass is 358 g/mol. The fraction of sp³-hybridized carbons (Fsp3) is 0.357. The maximum absolute atomic E-state index is 12.5. The Kier molecular flexibility index (Phi) is 5.26. The van der Waals surface area contributed by atoms with Crippen molar-refractivity contribution in [2.45, 2.75) is 19.9 Å². The average Bonchev–Trinajstić information content (AvgIpc) is 2.76. The first-order valence-electron chi connectivity index (χ1n) is 6.68. The highest BCUT2D eigenvalue weighted by Gasteiger charge is 2.24. The van der Waals surface area contributed by atoms with Crippen LogP contribution in [0.5, 0.6) is 0 Å². The van der Waals surface area contributed by atoms with Crippen molar-refractivity contribution in [3.05, 3.63) is 44.4 Å². The molecule has 0 spiro atoms. The highest BCUT2D eigenvalue weighted by molar-refractivity contribution is 7.71. The van der Waals surface area contributed by atoms with Gasteiger partial charge in [0.2, 0.25) is 0 Å². The van der Waals surface area contributed by atoms with Crippen LogP contribution >= 0.6 is 35.4 Å². The molecule has 0 aliphatic rings. The summed E-state index contributed by atoms with van der Waals surface area (Å²) in [6, 6.07) is 4.47. The van der Waals surface area contributed by atoms with Crippen LogP contribution in [0.2, 0.25) is 10.0 Å². The maximum Gasteiger partial charge on any atom is 0.253 e. The molecule has 1 heterocycles. The van der Waals surface area contributed by atoms with E-state index in [0.29, 0.717) is 26.2 Å². The molecular weight excluding hydrogens is 343 g/mol. The number of H-pyrrole nitrogens is 1. The van der Waals surface area contributed by atoms with E-state index in [-0.39, 0.29) is 17.9 Å². The van der Waals surface area contributed by atoms with Gasteiger partial charge in [-0.1, -0.05) is 37.0 Å². The second kappa shape index (κ2) is 6.81. The largest absolute Gasteiger partial charge is 0.342 e. The van der Waals surface area contributed by atoms with Crippen molar-refractivity contribution in [1.82, 2.24) is 20.1 Å². The number of hydrogen-bond acceptors (Lipinski definition) is 3. The summed E-state index contributed by atoms with van der Waals surface area (Å²) in [5, 5.41) is 10.7. The van der Waals surface area contributed by atoms with E-state index in [1.807, 2.05) is 13.8 Å². The molecule has 2 N–H and O–H groups in total. The number of nitrogens with zero attached hydrogens (tertiary/aromatic N) is 2. The van der Waals surface area contributed by atoms with Gasteiger partial charge in [-0.25, -0.2) is 0 Å². The van der Waals surface area contributed by atoms with E-state index in [2.05, 4.69) is 15.5 Å². The number of hydrogen-bond donors (Lipinski definition) is 2. The third kappa shape index (κ3) is 3.51. The predicted molar refractivity (Wildman–Crippen MR) is 89.9 cm³/mol. The van der Waals surface area contributed by atoms with Crippen molar-refractivity contribution < 1.29 is 4.79 Å². The normalized spacial score (nSPS) is 12.5. The third-order valence-corrected chi connectivity index (χ3v) is 4.23. The minimum Gasteiger partial charge on any atom is -0.342 e. The lowest BCUT2D eigenvalue weighted by molar-refractivity contribution is 0.0922. The van der Waals surface area contributed by atoms with Gasteiger partial charge in [-0.15, -0.1) is 0 Å². The van der Waals surface area contributed by atoms with Crippen molar-refractivity contribution in [2.75, 3.05) is 0 Å². The lowest BCUT2D eigenvalue weighted by Gasteiger charge is -2.21. The van der Waals surface area contributed by atoms with Crippen molar-refractivity contribution in [3.8, 4) is 0 Å². The molecule has 0 fully saturated rings. The van der Waals surface area contributed by atoms with E-state index in [1.54, 1.807) is 23.7 Å². The van der Waals surface area contributed by atoms with E-state index >= 15 is 0 Å². The van der Waals surface area contributed by atoms with Crippen LogP contribution in [0.4, 0.5) is 0 Å². The lowest BCUT2D eigenvalue weighted by atomic mass is 10.0. The molecule has 1 aromatic heterocycles. The SMILES string of the molecule is CC(C)C(NC(=O)c1ccc(Cl)cc1Cl)c1n[nH]c(=S)n1C. The summed E-state index contributed by atoms with van der Waals surface area (Å²) in [6.07, 6.45) is 0. The first kappa shape index (κ1) is 17.0. The van der Waals surface area contributed by atoms with Crippen molar-refractivity contribution >= 4 is 41.3 Å². The number of amides is 1. The maximum atomic E-state index is 12.5.